The molecule has 3 aromatic rings. The van der Waals surface area contributed by atoms with Gasteiger partial charge in [-0.2, -0.15) is 0 Å². The summed E-state index contributed by atoms with van der Waals surface area (Å²) in [6.07, 6.45) is 0. The van der Waals surface area contributed by atoms with Crippen molar-refractivity contribution in [1.82, 2.24) is 10.2 Å². The quantitative estimate of drug-likeness (QED) is 0.306. The first-order chi connectivity index (χ1) is 17.6. The maximum absolute atomic E-state index is 13.7. The Balaban J connectivity index is 2.08. The van der Waals surface area contributed by atoms with Crippen molar-refractivity contribution in [3.05, 3.63) is 99.6 Å². The summed E-state index contributed by atoms with van der Waals surface area (Å²) in [5.41, 5.74) is 0.141. The van der Waals surface area contributed by atoms with Crippen LogP contribution in [0.4, 0.5) is 11.4 Å². The summed E-state index contributed by atoms with van der Waals surface area (Å²) in [6, 6.07) is 18.2. The lowest BCUT2D eigenvalue weighted by Crippen LogP contribution is -2.50. The van der Waals surface area contributed by atoms with Gasteiger partial charge in [-0.1, -0.05) is 54.1 Å². The fourth-order valence-corrected chi connectivity index (χ4v) is 5.23. The summed E-state index contributed by atoms with van der Waals surface area (Å²) in [7, 11) is -2.90. The first-order valence-corrected chi connectivity index (χ1v) is 12.9. The van der Waals surface area contributed by atoms with Gasteiger partial charge in [0.25, 0.3) is 15.7 Å². The number of nitrogens with one attached hydrogen (secondary N) is 1. The SMILES string of the molecule is CNC(=O)C(C)N(Cc1ccccc1Cl)C(=O)CN(c1cccc([N+](=O)[O-])c1)S(=O)(=O)c1ccccc1. The Morgan fingerprint density at radius 1 is 1.03 bits per heavy atom. The zero-order chi connectivity index (χ0) is 27.2. The lowest BCUT2D eigenvalue weighted by Gasteiger charge is -2.31. The van der Waals surface area contributed by atoms with Crippen LogP contribution < -0.4 is 9.62 Å². The molecule has 10 nitrogen and oxygen atoms in total. The summed E-state index contributed by atoms with van der Waals surface area (Å²) >= 11 is 6.28. The molecule has 0 heterocycles. The summed E-state index contributed by atoms with van der Waals surface area (Å²) in [6.45, 7) is 0.725. The number of non-ortho nitro benzene ring substituents is 1. The number of amides is 2. The summed E-state index contributed by atoms with van der Waals surface area (Å²) in [5, 5.41) is 14.2. The van der Waals surface area contributed by atoms with E-state index in [1.54, 1.807) is 30.3 Å². The van der Waals surface area contributed by atoms with Crippen molar-refractivity contribution in [1.29, 1.82) is 0 Å². The number of carbonyl (C=O) groups is 2. The Kier molecular flexibility index (Phi) is 8.85. The molecule has 3 aromatic carbocycles. The van der Waals surface area contributed by atoms with Crippen molar-refractivity contribution in [2.75, 3.05) is 17.9 Å². The smallest absolute Gasteiger partial charge is 0.271 e. The van der Waals surface area contributed by atoms with E-state index in [-0.39, 0.29) is 22.8 Å². The Bertz CT molecular complexity index is 1400. The number of sulfonamides is 1. The van der Waals surface area contributed by atoms with Crippen LogP contribution in [0.15, 0.2) is 83.8 Å². The van der Waals surface area contributed by atoms with E-state index in [0.29, 0.717) is 10.6 Å². The number of carbonyl (C=O) groups excluding carboxylic acids is 2. The molecule has 194 valence electrons. The summed E-state index contributed by atoms with van der Waals surface area (Å²) < 4.78 is 28.1. The van der Waals surface area contributed by atoms with Gasteiger partial charge in [0.2, 0.25) is 11.8 Å². The van der Waals surface area contributed by atoms with Crippen molar-refractivity contribution in [3.8, 4) is 0 Å². The van der Waals surface area contributed by atoms with Crippen molar-refractivity contribution in [2.45, 2.75) is 24.4 Å². The average Bonchev–Trinajstić information content (AvgIpc) is 2.90. The van der Waals surface area contributed by atoms with Gasteiger partial charge < -0.3 is 10.2 Å². The van der Waals surface area contributed by atoms with Crippen LogP contribution in [0.2, 0.25) is 5.02 Å². The molecule has 0 spiro atoms. The first kappa shape index (κ1) is 27.6. The largest absolute Gasteiger partial charge is 0.357 e. The van der Waals surface area contributed by atoms with Crippen LogP contribution >= 0.6 is 11.6 Å². The molecule has 1 atom stereocenters. The maximum atomic E-state index is 13.7. The van der Waals surface area contributed by atoms with Gasteiger partial charge in [0.15, 0.2) is 0 Å². The molecule has 37 heavy (non-hydrogen) atoms. The Morgan fingerprint density at radius 2 is 1.68 bits per heavy atom. The molecule has 0 fully saturated rings. The van der Waals surface area contributed by atoms with Crippen LogP contribution in [0.25, 0.3) is 0 Å². The third-order valence-electron chi connectivity index (χ3n) is 5.65. The second-order valence-corrected chi connectivity index (χ2v) is 10.3. The number of hydrogen-bond acceptors (Lipinski definition) is 6. The highest BCUT2D eigenvalue weighted by Gasteiger charge is 2.33. The fraction of sp³-hybridized carbons (Fsp3) is 0.200. The highest BCUT2D eigenvalue weighted by molar-refractivity contribution is 7.92. The van der Waals surface area contributed by atoms with Crippen LogP contribution in [-0.2, 0) is 26.2 Å². The van der Waals surface area contributed by atoms with E-state index < -0.39 is 39.3 Å². The van der Waals surface area contributed by atoms with E-state index in [0.717, 1.165) is 10.4 Å². The second-order valence-electron chi connectivity index (χ2n) is 8.00. The number of hydrogen-bond donors (Lipinski definition) is 1. The van der Waals surface area contributed by atoms with Gasteiger partial charge in [-0.15, -0.1) is 0 Å². The van der Waals surface area contributed by atoms with Gasteiger partial charge in [0.1, 0.15) is 12.6 Å². The number of rotatable bonds is 10. The summed E-state index contributed by atoms with van der Waals surface area (Å²) in [4.78, 5) is 38.0. The molecule has 0 aromatic heterocycles. The lowest BCUT2D eigenvalue weighted by atomic mass is 10.1. The molecule has 0 aliphatic rings. The van der Waals surface area contributed by atoms with Crippen LogP contribution in [0, 0.1) is 10.1 Å². The van der Waals surface area contributed by atoms with Gasteiger partial charge in [-0.25, -0.2) is 8.42 Å². The summed E-state index contributed by atoms with van der Waals surface area (Å²) in [5.74, 6) is -1.17. The van der Waals surface area contributed by atoms with Crippen molar-refractivity contribution in [3.63, 3.8) is 0 Å². The van der Waals surface area contributed by atoms with Gasteiger partial charge >= 0.3 is 0 Å². The Morgan fingerprint density at radius 3 is 2.30 bits per heavy atom. The molecular weight excluding hydrogens is 520 g/mol. The molecule has 12 heteroatoms. The van der Waals surface area contributed by atoms with E-state index in [2.05, 4.69) is 5.32 Å². The minimum absolute atomic E-state index is 0.0682. The third kappa shape index (κ3) is 6.43. The molecule has 0 aliphatic heterocycles. The molecule has 2 amide bonds. The number of nitro benzene ring substituents is 1. The first-order valence-electron chi connectivity index (χ1n) is 11.1. The lowest BCUT2D eigenvalue weighted by molar-refractivity contribution is -0.384. The van der Waals surface area contributed by atoms with Crippen molar-refractivity contribution >= 4 is 44.8 Å². The fourth-order valence-electron chi connectivity index (χ4n) is 3.61. The Hall–Kier alpha value is -3.96. The van der Waals surface area contributed by atoms with Crippen molar-refractivity contribution in [2.24, 2.45) is 0 Å². The number of halogens is 1. The molecular formula is C25H25ClN4O6S. The molecule has 0 saturated heterocycles. The second kappa shape index (κ2) is 11.8. The van der Waals surface area contributed by atoms with Gasteiger partial charge in [0, 0.05) is 30.7 Å². The minimum atomic E-state index is -4.32. The number of nitro groups is 1. The van der Waals surface area contributed by atoms with E-state index in [1.807, 2.05) is 0 Å². The third-order valence-corrected chi connectivity index (χ3v) is 7.81. The van der Waals surface area contributed by atoms with E-state index >= 15 is 0 Å². The predicted octanol–water partition coefficient (Wildman–Crippen LogP) is 3.61. The highest BCUT2D eigenvalue weighted by Crippen LogP contribution is 2.28. The van der Waals surface area contributed by atoms with Crippen molar-refractivity contribution < 1.29 is 22.9 Å². The highest BCUT2D eigenvalue weighted by atomic mass is 35.5. The molecule has 0 aliphatic carbocycles. The zero-order valence-electron chi connectivity index (χ0n) is 20.1. The van der Waals surface area contributed by atoms with E-state index in [4.69, 9.17) is 11.6 Å². The number of anilines is 1. The maximum Gasteiger partial charge on any atom is 0.271 e. The van der Waals surface area contributed by atoms with Crippen LogP contribution in [0.5, 0.6) is 0 Å². The van der Waals surface area contributed by atoms with Crippen LogP contribution in [-0.4, -0.2) is 49.7 Å². The normalized spacial score (nSPS) is 11.9. The van der Waals surface area contributed by atoms with Gasteiger partial charge in [-0.05, 0) is 36.8 Å². The predicted molar refractivity (Wildman–Crippen MR) is 140 cm³/mol. The molecule has 1 unspecified atom stereocenters. The molecule has 0 radical (unpaired) electrons. The standard InChI is InChI=1S/C25H25ClN4O6S/c1-18(25(32)27-2)28(16-19-9-6-7-14-23(19)26)24(31)17-29(20-10-8-11-21(15-20)30(33)34)37(35,36)22-12-4-3-5-13-22/h3-15,18H,16-17H2,1-2H3,(H,27,32). The molecule has 0 bridgehead atoms. The monoisotopic (exact) mass is 544 g/mol. The van der Waals surface area contributed by atoms with Gasteiger partial charge in [0.05, 0.1) is 15.5 Å². The number of nitrogens with zero attached hydrogens (tertiary/aromatic N) is 3. The average molecular weight is 545 g/mol. The Labute approximate surface area is 219 Å². The number of likely N-dealkylation sites (N-methyl/N-ethyl adjacent to an activating group) is 1. The molecule has 0 saturated carbocycles. The minimum Gasteiger partial charge on any atom is -0.357 e. The number of benzene rings is 3. The van der Waals surface area contributed by atoms with Crippen LogP contribution in [0.3, 0.4) is 0 Å². The van der Waals surface area contributed by atoms with E-state index in [9.17, 15) is 28.1 Å². The molecule has 3 rings (SSSR count). The topological polar surface area (TPSA) is 130 Å². The van der Waals surface area contributed by atoms with E-state index in [1.165, 1.54) is 61.3 Å². The van der Waals surface area contributed by atoms with Gasteiger partial charge in [-0.3, -0.25) is 24.0 Å². The molecule has 1 N–H and O–H groups in total. The van der Waals surface area contributed by atoms with Crippen LogP contribution in [0.1, 0.15) is 12.5 Å². The zero-order valence-corrected chi connectivity index (χ0v) is 21.6.